The van der Waals surface area contributed by atoms with Crippen molar-refractivity contribution in [2.24, 2.45) is 23.2 Å². The number of carbonyl (C=O) groups excluding carboxylic acids is 1. The summed E-state index contributed by atoms with van der Waals surface area (Å²) < 4.78 is 0. The fourth-order valence-electron chi connectivity index (χ4n) is 7.81. The first-order valence-electron chi connectivity index (χ1n) is 13.4. The molecular formula is C31H32N2O5. The number of carboxylic acids is 2. The number of hydrogen-bond donors (Lipinski definition) is 4. The number of aromatic amines is 1. The molecule has 4 bridgehead atoms. The van der Waals surface area contributed by atoms with E-state index in [4.69, 9.17) is 0 Å². The van der Waals surface area contributed by atoms with Crippen LogP contribution in [0.5, 0.6) is 0 Å². The summed E-state index contributed by atoms with van der Waals surface area (Å²) in [7, 11) is 0. The van der Waals surface area contributed by atoms with Crippen LogP contribution in [0, 0.1) is 23.2 Å². The van der Waals surface area contributed by atoms with E-state index in [1.165, 1.54) is 50.7 Å². The molecule has 4 aliphatic carbocycles. The van der Waals surface area contributed by atoms with Gasteiger partial charge in [0, 0.05) is 17.9 Å². The molecule has 7 nitrogen and oxygen atoms in total. The van der Waals surface area contributed by atoms with Crippen molar-refractivity contribution in [2.45, 2.75) is 51.5 Å². The molecule has 0 aliphatic heterocycles. The minimum atomic E-state index is -1.21. The summed E-state index contributed by atoms with van der Waals surface area (Å²) in [5, 5.41) is 21.7. The number of H-pyrrole nitrogens is 1. The van der Waals surface area contributed by atoms with E-state index in [9.17, 15) is 24.6 Å². The molecular weight excluding hydrogens is 480 g/mol. The van der Waals surface area contributed by atoms with Gasteiger partial charge in [0.05, 0.1) is 16.7 Å². The standard InChI is InChI=1S/C31H32N2O5/c34-28(32-17-21-9-23(29(35)36)11-24(10-21)30(37)38)25-12-26(22-4-2-1-3-5-22)33-27(25)16-31-13-18-6-19(14-31)8-20(7-18)15-31/h1-5,9-12,18-20,33H,6-8,13-17H2,(H,32,34)(H,35,36)(H,37,38). The number of amides is 1. The molecule has 0 atom stereocenters. The molecule has 1 aromatic heterocycles. The van der Waals surface area contributed by atoms with E-state index in [1.807, 2.05) is 36.4 Å². The van der Waals surface area contributed by atoms with Crippen molar-refractivity contribution in [3.8, 4) is 11.3 Å². The molecule has 196 valence electrons. The molecule has 4 N–H and O–H groups in total. The number of carbonyl (C=O) groups is 3. The van der Waals surface area contributed by atoms with Gasteiger partial charge in [-0.15, -0.1) is 0 Å². The van der Waals surface area contributed by atoms with E-state index in [-0.39, 0.29) is 29.0 Å². The van der Waals surface area contributed by atoms with Crippen molar-refractivity contribution in [1.82, 2.24) is 10.3 Å². The summed E-state index contributed by atoms with van der Waals surface area (Å²) in [6, 6.07) is 15.8. The van der Waals surface area contributed by atoms with Gasteiger partial charge in [-0.3, -0.25) is 4.79 Å². The molecule has 1 amide bonds. The van der Waals surface area contributed by atoms with Crippen LogP contribution in [0.2, 0.25) is 0 Å². The minimum Gasteiger partial charge on any atom is -0.478 e. The Morgan fingerprint density at radius 2 is 1.42 bits per heavy atom. The van der Waals surface area contributed by atoms with Crippen molar-refractivity contribution in [3.05, 3.63) is 82.5 Å². The normalized spacial score (nSPS) is 25.3. The van der Waals surface area contributed by atoms with Gasteiger partial charge in [-0.2, -0.15) is 0 Å². The number of aromatic carboxylic acids is 2. The Morgan fingerprint density at radius 3 is 1.97 bits per heavy atom. The van der Waals surface area contributed by atoms with Crippen LogP contribution in [0.1, 0.15) is 80.9 Å². The molecule has 0 unspecified atom stereocenters. The second-order valence-corrected chi connectivity index (χ2v) is 11.7. The molecule has 4 fully saturated rings. The van der Waals surface area contributed by atoms with Gasteiger partial charge in [0.1, 0.15) is 0 Å². The van der Waals surface area contributed by atoms with Crippen molar-refractivity contribution in [2.75, 3.05) is 0 Å². The summed E-state index contributed by atoms with van der Waals surface area (Å²) in [4.78, 5) is 40.1. The predicted octanol–water partition coefficient (Wildman–Crippen LogP) is 5.77. The van der Waals surface area contributed by atoms with Crippen molar-refractivity contribution in [1.29, 1.82) is 0 Å². The third-order valence-corrected chi connectivity index (χ3v) is 8.89. The number of carboxylic acid groups (broad SMARTS) is 2. The zero-order valence-electron chi connectivity index (χ0n) is 21.2. The van der Waals surface area contributed by atoms with E-state index in [2.05, 4.69) is 10.3 Å². The Kier molecular flexibility index (Phi) is 6.09. The highest BCUT2D eigenvalue weighted by atomic mass is 16.4. The van der Waals surface area contributed by atoms with E-state index >= 15 is 0 Å². The van der Waals surface area contributed by atoms with Crippen molar-refractivity contribution >= 4 is 17.8 Å². The molecule has 38 heavy (non-hydrogen) atoms. The first kappa shape index (κ1) is 24.5. The predicted molar refractivity (Wildman–Crippen MR) is 142 cm³/mol. The average Bonchev–Trinajstić information content (AvgIpc) is 3.30. The zero-order valence-corrected chi connectivity index (χ0v) is 21.2. The lowest BCUT2D eigenvalue weighted by Crippen LogP contribution is -2.47. The SMILES string of the molecule is O=C(O)c1cc(CNC(=O)c2cc(-c3ccccc3)[nH]c2CC23CC4CC(CC(C4)C2)C3)cc(C(=O)O)c1. The average molecular weight is 513 g/mol. The maximum Gasteiger partial charge on any atom is 0.335 e. The van der Waals surface area contributed by atoms with Crippen LogP contribution in [0.25, 0.3) is 11.3 Å². The van der Waals surface area contributed by atoms with E-state index in [0.717, 1.165) is 47.2 Å². The molecule has 7 rings (SSSR count). The Balaban J connectivity index is 1.28. The maximum absolute atomic E-state index is 13.5. The Labute approximate surface area is 221 Å². The number of rotatable bonds is 8. The third-order valence-electron chi connectivity index (χ3n) is 8.89. The quantitative estimate of drug-likeness (QED) is 0.306. The first-order chi connectivity index (χ1) is 18.3. The second-order valence-electron chi connectivity index (χ2n) is 11.7. The number of benzene rings is 2. The highest BCUT2D eigenvalue weighted by molar-refractivity contribution is 5.97. The van der Waals surface area contributed by atoms with Gasteiger partial charge in [0.2, 0.25) is 0 Å². The van der Waals surface area contributed by atoms with Crippen LogP contribution in [0.15, 0.2) is 54.6 Å². The van der Waals surface area contributed by atoms with E-state index < -0.39 is 11.9 Å². The van der Waals surface area contributed by atoms with Gasteiger partial charge in [-0.05, 0) is 104 Å². The van der Waals surface area contributed by atoms with Gasteiger partial charge in [-0.1, -0.05) is 30.3 Å². The van der Waals surface area contributed by atoms with Gasteiger partial charge in [-0.25, -0.2) is 9.59 Å². The molecule has 7 heteroatoms. The van der Waals surface area contributed by atoms with Crippen LogP contribution >= 0.6 is 0 Å². The Morgan fingerprint density at radius 1 is 0.842 bits per heavy atom. The molecule has 3 aromatic rings. The monoisotopic (exact) mass is 512 g/mol. The highest BCUT2D eigenvalue weighted by Crippen LogP contribution is 2.61. The summed E-state index contributed by atoms with van der Waals surface area (Å²) in [5.41, 5.74) is 3.90. The maximum atomic E-state index is 13.5. The molecule has 0 saturated heterocycles. The molecule has 2 aromatic carbocycles. The zero-order chi connectivity index (χ0) is 26.4. The fourth-order valence-corrected chi connectivity index (χ4v) is 7.81. The number of aromatic nitrogens is 1. The lowest BCUT2D eigenvalue weighted by Gasteiger charge is -2.57. The summed E-state index contributed by atoms with van der Waals surface area (Å²) in [5.74, 6) is -0.236. The lowest BCUT2D eigenvalue weighted by molar-refractivity contribution is -0.0526. The molecule has 0 spiro atoms. The van der Waals surface area contributed by atoms with E-state index in [0.29, 0.717) is 11.1 Å². The topological polar surface area (TPSA) is 119 Å². The number of nitrogens with one attached hydrogen (secondary N) is 2. The van der Waals surface area contributed by atoms with Crippen LogP contribution < -0.4 is 5.32 Å². The van der Waals surface area contributed by atoms with Gasteiger partial charge >= 0.3 is 11.9 Å². The summed E-state index contributed by atoms with van der Waals surface area (Å²) in [6.07, 6.45) is 8.64. The van der Waals surface area contributed by atoms with Gasteiger partial charge < -0.3 is 20.5 Å². The van der Waals surface area contributed by atoms with E-state index in [1.54, 1.807) is 0 Å². The minimum absolute atomic E-state index is 0.0306. The fraction of sp³-hybridized carbons (Fsp3) is 0.387. The van der Waals surface area contributed by atoms with Gasteiger partial charge in [0.25, 0.3) is 5.91 Å². The Hall–Kier alpha value is -3.87. The largest absolute Gasteiger partial charge is 0.478 e. The summed E-state index contributed by atoms with van der Waals surface area (Å²) in [6.45, 7) is 0.0306. The highest BCUT2D eigenvalue weighted by Gasteiger charge is 2.51. The van der Waals surface area contributed by atoms with Crippen LogP contribution in [0.4, 0.5) is 0 Å². The summed E-state index contributed by atoms with van der Waals surface area (Å²) >= 11 is 0. The second kappa shape index (κ2) is 9.46. The Bertz CT molecular complexity index is 1340. The van der Waals surface area contributed by atoms with Gasteiger partial charge in [0.15, 0.2) is 0 Å². The van der Waals surface area contributed by atoms with Crippen LogP contribution in [-0.4, -0.2) is 33.0 Å². The molecule has 4 aliphatic rings. The number of hydrogen-bond acceptors (Lipinski definition) is 3. The lowest BCUT2D eigenvalue weighted by atomic mass is 9.48. The third kappa shape index (κ3) is 4.73. The molecule has 4 saturated carbocycles. The molecule has 0 radical (unpaired) electrons. The van der Waals surface area contributed by atoms with Crippen molar-refractivity contribution < 1.29 is 24.6 Å². The van der Waals surface area contributed by atoms with Crippen molar-refractivity contribution in [3.63, 3.8) is 0 Å². The first-order valence-corrected chi connectivity index (χ1v) is 13.4. The van der Waals surface area contributed by atoms with Crippen LogP contribution in [-0.2, 0) is 13.0 Å². The van der Waals surface area contributed by atoms with Crippen LogP contribution in [0.3, 0.4) is 0 Å². The smallest absolute Gasteiger partial charge is 0.335 e. The molecule has 1 heterocycles.